The Bertz CT molecular complexity index is 466. The standard InChI is InChI=1S/C9H6N4O2/c10-4-6(5-11)12-13-8-3-7(14)1-2-9(8)15/h1-3,13-15H. The minimum absolute atomic E-state index is 0.0686. The van der Waals surface area contributed by atoms with Crippen molar-refractivity contribution in [3.8, 4) is 23.6 Å². The largest absolute Gasteiger partial charge is 0.508 e. The second kappa shape index (κ2) is 4.49. The maximum Gasteiger partial charge on any atom is 0.237 e. The number of nitriles is 2. The number of nitrogens with zero attached hydrogens (tertiary/aromatic N) is 3. The van der Waals surface area contributed by atoms with Crippen molar-refractivity contribution in [1.29, 1.82) is 10.5 Å². The smallest absolute Gasteiger partial charge is 0.237 e. The predicted octanol–water partition coefficient (Wildman–Crippen LogP) is 0.913. The second-order valence-corrected chi connectivity index (χ2v) is 2.50. The molecule has 0 bridgehead atoms. The molecule has 0 saturated heterocycles. The molecule has 15 heavy (non-hydrogen) atoms. The molecular weight excluding hydrogens is 196 g/mol. The summed E-state index contributed by atoms with van der Waals surface area (Å²) in [6.07, 6.45) is 0. The SMILES string of the molecule is N#CC(C#N)=NNc1cc(O)ccc1O. The molecule has 1 aromatic carbocycles. The second-order valence-electron chi connectivity index (χ2n) is 2.50. The molecule has 0 heterocycles. The van der Waals surface area contributed by atoms with Crippen LogP contribution in [0.4, 0.5) is 5.69 Å². The van der Waals surface area contributed by atoms with E-state index in [1.54, 1.807) is 0 Å². The zero-order valence-electron chi connectivity index (χ0n) is 7.47. The highest BCUT2D eigenvalue weighted by molar-refractivity contribution is 6.10. The maximum atomic E-state index is 9.28. The van der Waals surface area contributed by atoms with E-state index >= 15 is 0 Å². The Morgan fingerprint density at radius 1 is 1.27 bits per heavy atom. The van der Waals surface area contributed by atoms with Gasteiger partial charge in [-0.05, 0) is 12.1 Å². The van der Waals surface area contributed by atoms with Gasteiger partial charge in [0.25, 0.3) is 0 Å². The van der Waals surface area contributed by atoms with Gasteiger partial charge in [-0.1, -0.05) is 0 Å². The van der Waals surface area contributed by atoms with Crippen molar-refractivity contribution < 1.29 is 10.2 Å². The van der Waals surface area contributed by atoms with Crippen LogP contribution in [0.2, 0.25) is 0 Å². The first kappa shape index (κ1) is 10.4. The van der Waals surface area contributed by atoms with Crippen molar-refractivity contribution in [3.05, 3.63) is 18.2 Å². The first-order chi connectivity index (χ1) is 7.17. The monoisotopic (exact) mass is 202 g/mol. The summed E-state index contributed by atoms with van der Waals surface area (Å²) in [6.45, 7) is 0. The molecular formula is C9H6N4O2. The van der Waals surface area contributed by atoms with E-state index in [1.807, 2.05) is 0 Å². The molecule has 6 heteroatoms. The molecule has 0 amide bonds. The highest BCUT2D eigenvalue weighted by atomic mass is 16.3. The lowest BCUT2D eigenvalue weighted by atomic mass is 10.3. The van der Waals surface area contributed by atoms with Crippen LogP contribution in [0.1, 0.15) is 0 Å². The number of hydrogen-bond donors (Lipinski definition) is 3. The quantitative estimate of drug-likeness (QED) is 0.285. The molecule has 0 spiro atoms. The molecule has 0 saturated carbocycles. The lowest BCUT2D eigenvalue weighted by Gasteiger charge is -2.02. The predicted molar refractivity (Wildman–Crippen MR) is 52.1 cm³/mol. The molecule has 0 radical (unpaired) electrons. The molecule has 3 N–H and O–H groups in total. The third-order valence-corrected chi connectivity index (χ3v) is 1.48. The van der Waals surface area contributed by atoms with Crippen molar-refractivity contribution in [2.75, 3.05) is 5.43 Å². The Kier molecular flexibility index (Phi) is 3.10. The van der Waals surface area contributed by atoms with E-state index in [9.17, 15) is 5.11 Å². The topological polar surface area (TPSA) is 112 Å². The highest BCUT2D eigenvalue weighted by Gasteiger charge is 2.01. The summed E-state index contributed by atoms with van der Waals surface area (Å²) < 4.78 is 0. The van der Waals surface area contributed by atoms with Gasteiger partial charge >= 0.3 is 0 Å². The van der Waals surface area contributed by atoms with Crippen LogP contribution in [0.15, 0.2) is 23.3 Å². The van der Waals surface area contributed by atoms with Gasteiger partial charge in [-0.3, -0.25) is 5.43 Å². The van der Waals surface area contributed by atoms with Crippen LogP contribution in [0.5, 0.6) is 11.5 Å². The van der Waals surface area contributed by atoms with Gasteiger partial charge in [-0.2, -0.15) is 15.6 Å². The minimum Gasteiger partial charge on any atom is -0.508 e. The number of benzene rings is 1. The molecule has 0 unspecified atom stereocenters. The Hall–Kier alpha value is -2.73. The first-order valence-electron chi connectivity index (χ1n) is 3.83. The Labute approximate surface area is 85.3 Å². The van der Waals surface area contributed by atoms with Gasteiger partial charge in [0.15, 0.2) is 0 Å². The van der Waals surface area contributed by atoms with Crippen LogP contribution in [0.25, 0.3) is 0 Å². The Morgan fingerprint density at radius 3 is 2.53 bits per heavy atom. The molecule has 0 aliphatic carbocycles. The van der Waals surface area contributed by atoms with Crippen molar-refractivity contribution >= 4 is 11.4 Å². The summed E-state index contributed by atoms with van der Waals surface area (Å²) in [5.41, 5.74) is 2.02. The van der Waals surface area contributed by atoms with Gasteiger partial charge < -0.3 is 10.2 Å². The van der Waals surface area contributed by atoms with Gasteiger partial charge in [0.2, 0.25) is 5.71 Å². The number of aromatic hydroxyl groups is 2. The van der Waals surface area contributed by atoms with Crippen LogP contribution in [0, 0.1) is 22.7 Å². The van der Waals surface area contributed by atoms with Gasteiger partial charge in [0, 0.05) is 6.07 Å². The van der Waals surface area contributed by atoms with Gasteiger partial charge in [0.1, 0.15) is 29.3 Å². The fraction of sp³-hybridized carbons (Fsp3) is 0. The van der Waals surface area contributed by atoms with E-state index in [-0.39, 0.29) is 22.9 Å². The third-order valence-electron chi connectivity index (χ3n) is 1.48. The summed E-state index contributed by atoms with van der Waals surface area (Å²) in [4.78, 5) is 0. The number of anilines is 1. The molecule has 0 aliphatic heterocycles. The maximum absolute atomic E-state index is 9.28. The van der Waals surface area contributed by atoms with Gasteiger partial charge in [0.05, 0.1) is 0 Å². The van der Waals surface area contributed by atoms with Crippen molar-refractivity contribution in [2.24, 2.45) is 5.10 Å². The van der Waals surface area contributed by atoms with Crippen LogP contribution < -0.4 is 5.43 Å². The average Bonchev–Trinajstić information content (AvgIpc) is 2.24. The minimum atomic E-state index is -0.377. The molecule has 1 aromatic rings. The average molecular weight is 202 g/mol. The van der Waals surface area contributed by atoms with Crippen molar-refractivity contribution in [1.82, 2.24) is 0 Å². The molecule has 0 aliphatic rings. The van der Waals surface area contributed by atoms with Crippen LogP contribution in [0.3, 0.4) is 0 Å². The third kappa shape index (κ3) is 2.61. The Morgan fingerprint density at radius 2 is 1.93 bits per heavy atom. The molecule has 0 fully saturated rings. The van der Waals surface area contributed by atoms with Crippen molar-refractivity contribution in [2.45, 2.75) is 0 Å². The summed E-state index contributed by atoms with van der Waals surface area (Å²) >= 11 is 0. The fourth-order valence-corrected chi connectivity index (χ4v) is 0.805. The number of phenolic OH excluding ortho intramolecular Hbond substituents is 2. The summed E-state index contributed by atoms with van der Waals surface area (Å²) in [5.74, 6) is -0.215. The molecule has 1 rings (SSSR count). The lowest BCUT2D eigenvalue weighted by molar-refractivity contribution is 0.462. The van der Waals surface area contributed by atoms with Gasteiger partial charge in [-0.25, -0.2) is 0 Å². The van der Waals surface area contributed by atoms with Crippen molar-refractivity contribution in [3.63, 3.8) is 0 Å². The number of hydrazone groups is 1. The van der Waals surface area contributed by atoms with Gasteiger partial charge in [-0.15, -0.1) is 0 Å². The van der Waals surface area contributed by atoms with Crippen LogP contribution in [-0.2, 0) is 0 Å². The zero-order valence-corrected chi connectivity index (χ0v) is 7.47. The summed E-state index contributed by atoms with van der Waals surface area (Å²) in [5, 5.41) is 38.5. The number of rotatable bonds is 2. The van der Waals surface area contributed by atoms with Crippen LogP contribution >= 0.6 is 0 Å². The molecule has 74 valence electrons. The number of hydrogen-bond acceptors (Lipinski definition) is 6. The number of phenols is 2. The Balaban J connectivity index is 2.92. The highest BCUT2D eigenvalue weighted by Crippen LogP contribution is 2.26. The summed E-state index contributed by atoms with van der Waals surface area (Å²) in [7, 11) is 0. The normalized spacial score (nSPS) is 8.40. The van der Waals surface area contributed by atoms with E-state index < -0.39 is 0 Å². The van der Waals surface area contributed by atoms with E-state index in [1.165, 1.54) is 30.3 Å². The van der Waals surface area contributed by atoms with E-state index in [2.05, 4.69) is 10.5 Å². The molecule has 0 atom stereocenters. The zero-order chi connectivity index (χ0) is 11.3. The molecule has 0 aromatic heterocycles. The van der Waals surface area contributed by atoms with E-state index in [4.69, 9.17) is 15.6 Å². The first-order valence-corrected chi connectivity index (χ1v) is 3.83. The fourth-order valence-electron chi connectivity index (χ4n) is 0.805. The van der Waals surface area contributed by atoms with E-state index in [0.29, 0.717) is 0 Å². The van der Waals surface area contributed by atoms with Crippen LogP contribution in [-0.4, -0.2) is 15.9 Å². The van der Waals surface area contributed by atoms with E-state index in [0.717, 1.165) is 0 Å². The molecule has 6 nitrogen and oxygen atoms in total. The lowest BCUT2D eigenvalue weighted by Crippen LogP contribution is -1.96. The number of nitrogens with one attached hydrogen (secondary N) is 1. The summed E-state index contributed by atoms with van der Waals surface area (Å²) in [6, 6.07) is 6.84.